The summed E-state index contributed by atoms with van der Waals surface area (Å²) >= 11 is 3.52. The van der Waals surface area contributed by atoms with E-state index in [9.17, 15) is 4.79 Å². The number of Topliss-reactive ketones (excluding diaryl/α,β-unsaturated/α-hetero) is 1. The van der Waals surface area contributed by atoms with Crippen LogP contribution in [0, 0.1) is 6.92 Å². The molecule has 1 nitrogen and oxygen atoms in total. The molecular weight excluding hydrogens is 240 g/mol. The molecule has 2 rings (SSSR count). The zero-order valence-corrected chi connectivity index (χ0v) is 9.60. The molecule has 0 aromatic heterocycles. The van der Waals surface area contributed by atoms with Gasteiger partial charge < -0.3 is 0 Å². The normalized spacial score (nSPS) is 15.9. The van der Waals surface area contributed by atoms with Crippen LogP contribution in [0.25, 0.3) is 5.57 Å². The largest absolute Gasteiger partial charge is 0.294 e. The third kappa shape index (κ3) is 1.55. The molecule has 0 atom stereocenters. The summed E-state index contributed by atoms with van der Waals surface area (Å²) in [6.45, 7) is 2.04. The number of allylic oxidation sites excluding steroid dienone is 2. The minimum atomic E-state index is 0.260. The van der Waals surface area contributed by atoms with Crippen LogP contribution in [0.1, 0.15) is 24.0 Å². The third-order valence-corrected chi connectivity index (χ3v) is 3.55. The summed E-state index contributed by atoms with van der Waals surface area (Å²) in [4.78, 5) is 11.5. The van der Waals surface area contributed by atoms with Crippen LogP contribution in [0.2, 0.25) is 0 Å². The van der Waals surface area contributed by atoms with E-state index in [1.807, 2.05) is 31.2 Å². The van der Waals surface area contributed by atoms with Gasteiger partial charge in [0, 0.05) is 16.5 Å². The highest BCUT2D eigenvalue weighted by molar-refractivity contribution is 9.10. The fraction of sp³-hybridized carbons (Fsp3) is 0.250. The second kappa shape index (κ2) is 3.70. The first-order valence-corrected chi connectivity index (χ1v) is 5.48. The van der Waals surface area contributed by atoms with Crippen LogP contribution in [0.15, 0.2) is 28.7 Å². The van der Waals surface area contributed by atoms with Gasteiger partial charge in [0.25, 0.3) is 0 Å². The van der Waals surface area contributed by atoms with Crippen molar-refractivity contribution >= 4 is 27.3 Å². The second-order valence-electron chi connectivity index (χ2n) is 3.52. The van der Waals surface area contributed by atoms with Gasteiger partial charge >= 0.3 is 0 Å². The Balaban J connectivity index is 2.51. The number of carbonyl (C=O) groups excluding carboxylic acids is 1. The Morgan fingerprint density at radius 1 is 1.36 bits per heavy atom. The van der Waals surface area contributed by atoms with Crippen molar-refractivity contribution in [3.8, 4) is 0 Å². The lowest BCUT2D eigenvalue weighted by Crippen LogP contribution is -1.96. The van der Waals surface area contributed by atoms with E-state index in [1.54, 1.807) is 0 Å². The van der Waals surface area contributed by atoms with Crippen LogP contribution in [0.5, 0.6) is 0 Å². The van der Waals surface area contributed by atoms with Gasteiger partial charge in [-0.25, -0.2) is 0 Å². The molecule has 0 saturated carbocycles. The average Bonchev–Trinajstić information content (AvgIpc) is 2.57. The zero-order valence-electron chi connectivity index (χ0n) is 8.01. The molecule has 0 unspecified atom stereocenters. The molecule has 14 heavy (non-hydrogen) atoms. The molecular formula is C12H11BrO. The molecule has 0 saturated heterocycles. The number of benzene rings is 1. The van der Waals surface area contributed by atoms with Crippen LogP contribution >= 0.6 is 15.9 Å². The fourth-order valence-corrected chi connectivity index (χ4v) is 2.19. The number of carbonyl (C=O) groups is 1. The molecule has 1 aromatic carbocycles. The Bertz CT molecular complexity index is 418. The maximum absolute atomic E-state index is 11.5. The van der Waals surface area contributed by atoms with E-state index < -0.39 is 0 Å². The van der Waals surface area contributed by atoms with Crippen molar-refractivity contribution in [2.24, 2.45) is 0 Å². The maximum atomic E-state index is 11.5. The molecule has 0 bridgehead atoms. The van der Waals surface area contributed by atoms with E-state index in [4.69, 9.17) is 0 Å². The van der Waals surface area contributed by atoms with Gasteiger partial charge in [0.15, 0.2) is 5.78 Å². The molecule has 0 fully saturated rings. The van der Waals surface area contributed by atoms with Gasteiger partial charge in [-0.15, -0.1) is 0 Å². The number of hydrogen-bond acceptors (Lipinski definition) is 1. The van der Waals surface area contributed by atoms with Crippen molar-refractivity contribution in [3.05, 3.63) is 39.9 Å². The van der Waals surface area contributed by atoms with Gasteiger partial charge in [-0.1, -0.05) is 24.3 Å². The van der Waals surface area contributed by atoms with Gasteiger partial charge in [0.05, 0.1) is 0 Å². The summed E-state index contributed by atoms with van der Waals surface area (Å²) in [5.74, 6) is 0.260. The Morgan fingerprint density at radius 2 is 2.14 bits per heavy atom. The summed E-state index contributed by atoms with van der Waals surface area (Å²) < 4.78 is 1.04. The van der Waals surface area contributed by atoms with Crippen molar-refractivity contribution in [2.45, 2.75) is 19.8 Å². The Morgan fingerprint density at radius 3 is 2.79 bits per heavy atom. The van der Waals surface area contributed by atoms with Crippen molar-refractivity contribution < 1.29 is 4.79 Å². The van der Waals surface area contributed by atoms with Gasteiger partial charge in [-0.05, 0) is 40.4 Å². The highest BCUT2D eigenvalue weighted by Gasteiger charge is 2.18. The summed E-state index contributed by atoms with van der Waals surface area (Å²) in [6.07, 6.45) is 3.58. The lowest BCUT2D eigenvalue weighted by Gasteiger charge is -2.06. The molecule has 2 heteroatoms. The predicted octanol–water partition coefficient (Wildman–Crippen LogP) is 3.50. The second-order valence-corrected chi connectivity index (χ2v) is 4.31. The van der Waals surface area contributed by atoms with Crippen LogP contribution in [0.3, 0.4) is 0 Å². The molecule has 0 heterocycles. The van der Waals surface area contributed by atoms with Crippen LogP contribution in [-0.2, 0) is 4.79 Å². The topological polar surface area (TPSA) is 17.1 Å². The quantitative estimate of drug-likeness (QED) is 0.746. The molecule has 1 aliphatic rings. The van der Waals surface area contributed by atoms with Crippen LogP contribution < -0.4 is 0 Å². The monoisotopic (exact) mass is 250 g/mol. The average molecular weight is 251 g/mol. The summed E-state index contributed by atoms with van der Waals surface area (Å²) in [6, 6.07) is 6.02. The summed E-state index contributed by atoms with van der Waals surface area (Å²) in [7, 11) is 0. The number of rotatable bonds is 1. The first-order valence-electron chi connectivity index (χ1n) is 4.69. The SMILES string of the molecule is Cc1cccc(C2=CCCC2=O)c1Br. The summed E-state index contributed by atoms with van der Waals surface area (Å²) in [5.41, 5.74) is 3.08. The fourth-order valence-electron chi connectivity index (χ4n) is 1.71. The molecule has 0 spiro atoms. The molecule has 0 aliphatic heterocycles. The van der Waals surface area contributed by atoms with Crippen molar-refractivity contribution in [1.82, 2.24) is 0 Å². The highest BCUT2D eigenvalue weighted by atomic mass is 79.9. The van der Waals surface area contributed by atoms with E-state index in [1.165, 1.54) is 5.56 Å². The maximum Gasteiger partial charge on any atom is 0.163 e. The first kappa shape index (κ1) is 9.66. The Hall–Kier alpha value is -0.890. The molecule has 72 valence electrons. The van der Waals surface area contributed by atoms with Gasteiger partial charge in [0.2, 0.25) is 0 Å². The van der Waals surface area contributed by atoms with Gasteiger partial charge in [0.1, 0.15) is 0 Å². The van der Waals surface area contributed by atoms with Gasteiger partial charge in [-0.2, -0.15) is 0 Å². The number of aryl methyl sites for hydroxylation is 1. The zero-order chi connectivity index (χ0) is 10.1. The number of ketones is 1. The standard InChI is InChI=1S/C12H11BrO/c1-8-4-2-6-10(12(8)13)9-5-3-7-11(9)14/h2,4-6H,3,7H2,1H3. The summed E-state index contributed by atoms with van der Waals surface area (Å²) in [5, 5.41) is 0. The molecule has 0 N–H and O–H groups in total. The van der Waals surface area contributed by atoms with E-state index in [0.29, 0.717) is 6.42 Å². The third-order valence-electron chi connectivity index (χ3n) is 2.50. The van der Waals surface area contributed by atoms with Crippen molar-refractivity contribution in [3.63, 3.8) is 0 Å². The van der Waals surface area contributed by atoms with E-state index in [0.717, 1.165) is 22.0 Å². The Labute approximate surface area is 92.0 Å². The molecule has 0 amide bonds. The molecule has 0 radical (unpaired) electrons. The first-order chi connectivity index (χ1) is 6.70. The van der Waals surface area contributed by atoms with Crippen LogP contribution in [-0.4, -0.2) is 5.78 Å². The minimum absolute atomic E-state index is 0.260. The highest BCUT2D eigenvalue weighted by Crippen LogP contribution is 2.31. The van der Waals surface area contributed by atoms with Crippen molar-refractivity contribution in [2.75, 3.05) is 0 Å². The van der Waals surface area contributed by atoms with Crippen molar-refractivity contribution in [1.29, 1.82) is 0 Å². The van der Waals surface area contributed by atoms with Crippen LogP contribution in [0.4, 0.5) is 0 Å². The van der Waals surface area contributed by atoms with Gasteiger partial charge in [-0.3, -0.25) is 4.79 Å². The van der Waals surface area contributed by atoms with E-state index in [-0.39, 0.29) is 5.78 Å². The molecule has 1 aliphatic carbocycles. The minimum Gasteiger partial charge on any atom is -0.294 e. The number of halogens is 1. The lowest BCUT2D eigenvalue weighted by atomic mass is 10.0. The van der Waals surface area contributed by atoms with E-state index in [2.05, 4.69) is 15.9 Å². The Kier molecular flexibility index (Phi) is 2.55. The van der Waals surface area contributed by atoms with E-state index >= 15 is 0 Å². The predicted molar refractivity (Wildman–Crippen MR) is 61.1 cm³/mol. The molecule has 1 aromatic rings. The number of hydrogen-bond donors (Lipinski definition) is 0. The lowest BCUT2D eigenvalue weighted by molar-refractivity contribution is -0.113. The smallest absolute Gasteiger partial charge is 0.163 e.